The topological polar surface area (TPSA) is 29.8 Å². The Morgan fingerprint density at radius 3 is 2.70 bits per heavy atom. The monoisotopic (exact) mass is 421 g/mol. The van der Waals surface area contributed by atoms with Gasteiger partial charge < -0.3 is 9.64 Å². The molecule has 1 unspecified atom stereocenters. The van der Waals surface area contributed by atoms with E-state index in [0.717, 1.165) is 35.9 Å². The Balaban J connectivity index is 0.00000105. The van der Waals surface area contributed by atoms with E-state index in [1.807, 2.05) is 18.2 Å². The fourth-order valence-electron chi connectivity index (χ4n) is 3.45. The van der Waals surface area contributed by atoms with Gasteiger partial charge in [-0.2, -0.15) is 0 Å². The molecule has 1 saturated heterocycles. The van der Waals surface area contributed by atoms with Gasteiger partial charge in [-0.05, 0) is 24.7 Å². The minimum Gasteiger partial charge on any atom is -0.371 e. The van der Waals surface area contributed by atoms with E-state index in [1.165, 1.54) is 15.8 Å². The molecule has 0 radical (unpaired) electrons. The first kappa shape index (κ1) is 20.1. The summed E-state index contributed by atoms with van der Waals surface area (Å²) in [6.45, 7) is 2.76. The lowest BCUT2D eigenvalue weighted by molar-refractivity contribution is -0.0208. The number of likely N-dealkylation sites (N-methyl/N-ethyl adjacent to an activating group) is 1. The van der Waals surface area contributed by atoms with Gasteiger partial charge in [-0.15, -0.1) is 24.8 Å². The van der Waals surface area contributed by atoms with E-state index in [9.17, 15) is 0 Å². The zero-order valence-corrected chi connectivity index (χ0v) is 17.3. The van der Waals surface area contributed by atoms with E-state index in [2.05, 4.69) is 52.9 Å². The summed E-state index contributed by atoms with van der Waals surface area (Å²) in [6, 6.07) is 17.0. The third kappa shape index (κ3) is 3.71. The highest BCUT2D eigenvalue weighted by molar-refractivity contribution is 7.23. The smallest absolute Gasteiger partial charge is 0.195 e. The molecule has 1 aliphatic heterocycles. The average molecular weight is 422 g/mol. The summed E-state index contributed by atoms with van der Waals surface area (Å²) in [5, 5.41) is 0. The average Bonchev–Trinajstić information content (AvgIpc) is 3.20. The first-order chi connectivity index (χ1) is 12.3. The number of nitrogens with zero attached hydrogens (tertiary/aromatic N) is 3. The summed E-state index contributed by atoms with van der Waals surface area (Å²) >= 11 is 1.74. The van der Waals surface area contributed by atoms with E-state index >= 15 is 0 Å². The highest BCUT2D eigenvalue weighted by Crippen LogP contribution is 2.32. The number of halogens is 2. The molecule has 4 nitrogen and oxygen atoms in total. The summed E-state index contributed by atoms with van der Waals surface area (Å²) in [6.07, 6.45) is 2.30. The predicted octanol–water partition coefficient (Wildman–Crippen LogP) is 5.06. The standard InChI is InChI=1S/C20H19N3OS.2ClH/c1-22-9-10-24-18(13-22)15-7-8-17-19(11-15)25-20-21-16(12-23(17)20)14-5-3-2-4-6-14;;/h2-8,11-12,18H,9-10,13H2,1H3;2*1H. The Labute approximate surface area is 174 Å². The molecule has 4 aromatic rings. The number of aromatic nitrogens is 2. The van der Waals surface area contributed by atoms with Crippen molar-refractivity contribution in [1.82, 2.24) is 14.3 Å². The van der Waals surface area contributed by atoms with E-state index in [-0.39, 0.29) is 30.9 Å². The van der Waals surface area contributed by atoms with Crippen LogP contribution >= 0.6 is 36.2 Å². The molecular weight excluding hydrogens is 401 g/mol. The summed E-state index contributed by atoms with van der Waals surface area (Å²) in [4.78, 5) is 8.18. The third-order valence-electron chi connectivity index (χ3n) is 4.83. The molecule has 1 atom stereocenters. The number of morpholine rings is 1. The van der Waals surface area contributed by atoms with Gasteiger partial charge >= 0.3 is 0 Å². The normalized spacial score (nSPS) is 17.6. The van der Waals surface area contributed by atoms with E-state index < -0.39 is 0 Å². The second kappa shape index (κ2) is 8.17. The Morgan fingerprint density at radius 2 is 1.93 bits per heavy atom. The van der Waals surface area contributed by atoms with Crippen LogP contribution in [0.5, 0.6) is 0 Å². The molecule has 2 aromatic carbocycles. The number of thiazole rings is 1. The highest BCUT2D eigenvalue weighted by Gasteiger charge is 2.20. The van der Waals surface area contributed by atoms with Gasteiger partial charge in [0.05, 0.1) is 28.6 Å². The molecule has 0 bridgehead atoms. The van der Waals surface area contributed by atoms with Crippen LogP contribution in [-0.4, -0.2) is 41.0 Å². The molecule has 0 amide bonds. The number of hydrogen-bond acceptors (Lipinski definition) is 4. The molecule has 0 saturated carbocycles. The van der Waals surface area contributed by atoms with Crippen molar-refractivity contribution in [2.75, 3.05) is 26.7 Å². The summed E-state index contributed by atoms with van der Waals surface area (Å²) in [5.41, 5.74) is 4.64. The molecule has 3 heterocycles. The molecule has 27 heavy (non-hydrogen) atoms. The van der Waals surface area contributed by atoms with Gasteiger partial charge in [0, 0.05) is 24.8 Å². The van der Waals surface area contributed by atoms with E-state index in [1.54, 1.807) is 11.3 Å². The first-order valence-corrected chi connectivity index (χ1v) is 9.37. The quantitative estimate of drug-likeness (QED) is 0.452. The summed E-state index contributed by atoms with van der Waals surface area (Å²) in [7, 11) is 2.15. The molecule has 0 spiro atoms. The van der Waals surface area contributed by atoms with Gasteiger partial charge in [0.2, 0.25) is 0 Å². The summed E-state index contributed by atoms with van der Waals surface area (Å²) < 4.78 is 9.41. The molecule has 2 aromatic heterocycles. The zero-order chi connectivity index (χ0) is 16.8. The Morgan fingerprint density at radius 1 is 1.11 bits per heavy atom. The second-order valence-corrected chi connectivity index (χ2v) is 7.60. The van der Waals surface area contributed by atoms with Gasteiger partial charge in [-0.1, -0.05) is 47.7 Å². The van der Waals surface area contributed by atoms with Crippen molar-refractivity contribution < 1.29 is 4.74 Å². The van der Waals surface area contributed by atoms with Crippen LogP contribution in [-0.2, 0) is 4.74 Å². The lowest BCUT2D eigenvalue weighted by Gasteiger charge is -2.30. The number of fused-ring (bicyclic) bond motifs is 3. The molecule has 142 valence electrons. The lowest BCUT2D eigenvalue weighted by atomic mass is 10.1. The fraction of sp³-hybridized carbons (Fsp3) is 0.250. The van der Waals surface area contributed by atoms with Crippen molar-refractivity contribution in [1.29, 1.82) is 0 Å². The SMILES string of the molecule is CN1CCOC(c2ccc3c(c2)sc2nc(-c4ccccc4)cn23)C1.Cl.Cl. The highest BCUT2D eigenvalue weighted by atomic mass is 35.5. The minimum absolute atomic E-state index is 0. The molecule has 0 N–H and O–H groups in total. The van der Waals surface area contributed by atoms with E-state index in [0.29, 0.717) is 0 Å². The molecule has 1 aliphatic rings. The third-order valence-corrected chi connectivity index (χ3v) is 5.85. The maximum absolute atomic E-state index is 5.96. The van der Waals surface area contributed by atoms with Crippen molar-refractivity contribution in [2.45, 2.75) is 6.10 Å². The number of imidazole rings is 1. The van der Waals surface area contributed by atoms with Crippen LogP contribution in [0.15, 0.2) is 54.7 Å². The molecule has 5 rings (SSSR count). The number of rotatable bonds is 2. The van der Waals surface area contributed by atoms with Crippen LogP contribution < -0.4 is 0 Å². The molecule has 0 aliphatic carbocycles. The van der Waals surface area contributed by atoms with Gasteiger partial charge in [0.1, 0.15) is 0 Å². The Kier molecular flexibility index (Phi) is 6.08. The van der Waals surface area contributed by atoms with Crippen molar-refractivity contribution in [2.24, 2.45) is 0 Å². The van der Waals surface area contributed by atoms with Crippen LogP contribution in [0.25, 0.3) is 26.4 Å². The largest absolute Gasteiger partial charge is 0.371 e. The molecule has 7 heteroatoms. The van der Waals surface area contributed by atoms with Crippen LogP contribution in [0.1, 0.15) is 11.7 Å². The van der Waals surface area contributed by atoms with Gasteiger partial charge in [-0.3, -0.25) is 4.40 Å². The zero-order valence-electron chi connectivity index (χ0n) is 14.9. The van der Waals surface area contributed by atoms with Crippen LogP contribution in [0.3, 0.4) is 0 Å². The minimum atomic E-state index is 0. The molecule has 1 fully saturated rings. The second-order valence-electron chi connectivity index (χ2n) is 6.60. The maximum Gasteiger partial charge on any atom is 0.195 e. The maximum atomic E-state index is 5.96. The van der Waals surface area contributed by atoms with Crippen LogP contribution in [0, 0.1) is 0 Å². The van der Waals surface area contributed by atoms with Crippen molar-refractivity contribution in [3.8, 4) is 11.3 Å². The van der Waals surface area contributed by atoms with E-state index in [4.69, 9.17) is 9.72 Å². The number of hydrogen-bond donors (Lipinski definition) is 0. The number of ether oxygens (including phenoxy) is 1. The van der Waals surface area contributed by atoms with Gasteiger partial charge in [-0.25, -0.2) is 4.98 Å². The van der Waals surface area contributed by atoms with Crippen LogP contribution in [0.4, 0.5) is 0 Å². The Bertz CT molecular complexity index is 1050. The van der Waals surface area contributed by atoms with Crippen molar-refractivity contribution in [3.63, 3.8) is 0 Å². The predicted molar refractivity (Wildman–Crippen MR) is 117 cm³/mol. The molecular formula is C20H21Cl2N3OS. The lowest BCUT2D eigenvalue weighted by Crippen LogP contribution is -2.35. The summed E-state index contributed by atoms with van der Waals surface area (Å²) in [5.74, 6) is 0. The van der Waals surface area contributed by atoms with Crippen LogP contribution in [0.2, 0.25) is 0 Å². The first-order valence-electron chi connectivity index (χ1n) is 8.55. The van der Waals surface area contributed by atoms with Crippen molar-refractivity contribution >= 4 is 51.3 Å². The number of benzene rings is 2. The van der Waals surface area contributed by atoms with Gasteiger partial charge in [0.25, 0.3) is 0 Å². The van der Waals surface area contributed by atoms with Crippen molar-refractivity contribution in [3.05, 3.63) is 60.3 Å². The fourth-order valence-corrected chi connectivity index (χ4v) is 4.50. The van der Waals surface area contributed by atoms with Gasteiger partial charge in [0.15, 0.2) is 4.96 Å². The Hall–Kier alpha value is -1.63.